The molecule has 0 atom stereocenters. The topological polar surface area (TPSA) is 73.2 Å². The summed E-state index contributed by atoms with van der Waals surface area (Å²) in [7, 11) is 0. The van der Waals surface area contributed by atoms with E-state index in [2.05, 4.69) is 10.4 Å². The van der Waals surface area contributed by atoms with Gasteiger partial charge in [0.15, 0.2) is 5.69 Å². The SMILES string of the molecule is Cc1cc(=O)c(C(=O)Nc2ccc3c(c2)CCO3)nn1-c1cccc(C(F)(F)F)c1. The first kappa shape index (κ1) is 19.7. The zero-order chi connectivity index (χ0) is 21.5. The predicted molar refractivity (Wildman–Crippen MR) is 103 cm³/mol. The first-order valence-corrected chi connectivity index (χ1v) is 9.08. The minimum Gasteiger partial charge on any atom is -0.493 e. The van der Waals surface area contributed by atoms with E-state index in [9.17, 15) is 22.8 Å². The molecule has 0 fully saturated rings. The van der Waals surface area contributed by atoms with Gasteiger partial charge in [-0.2, -0.15) is 18.3 Å². The van der Waals surface area contributed by atoms with Crippen LogP contribution in [0.2, 0.25) is 0 Å². The summed E-state index contributed by atoms with van der Waals surface area (Å²) >= 11 is 0. The fraction of sp³-hybridized carbons (Fsp3) is 0.190. The number of fused-ring (bicyclic) bond motifs is 1. The van der Waals surface area contributed by atoms with Crippen LogP contribution >= 0.6 is 0 Å². The molecule has 4 rings (SSSR count). The number of anilines is 1. The van der Waals surface area contributed by atoms with Crippen molar-refractivity contribution in [1.82, 2.24) is 9.78 Å². The number of rotatable bonds is 3. The van der Waals surface area contributed by atoms with Crippen molar-refractivity contribution >= 4 is 11.6 Å². The van der Waals surface area contributed by atoms with Crippen molar-refractivity contribution in [2.24, 2.45) is 0 Å². The Hall–Kier alpha value is -3.62. The minimum absolute atomic E-state index is 0.0889. The summed E-state index contributed by atoms with van der Waals surface area (Å²) in [4.78, 5) is 25.0. The molecule has 9 heteroatoms. The zero-order valence-corrected chi connectivity index (χ0v) is 15.8. The largest absolute Gasteiger partial charge is 0.493 e. The average molecular weight is 415 g/mol. The van der Waals surface area contributed by atoms with Crippen molar-refractivity contribution < 1.29 is 22.7 Å². The van der Waals surface area contributed by atoms with Gasteiger partial charge in [0.05, 0.1) is 17.9 Å². The quantitative estimate of drug-likeness (QED) is 0.707. The molecular formula is C21H16F3N3O3. The molecule has 0 unspecified atom stereocenters. The molecule has 3 aromatic rings. The van der Waals surface area contributed by atoms with Crippen LogP contribution < -0.4 is 15.5 Å². The van der Waals surface area contributed by atoms with E-state index < -0.39 is 28.8 Å². The van der Waals surface area contributed by atoms with Crippen LogP contribution in [0, 0.1) is 6.92 Å². The highest BCUT2D eigenvalue weighted by Gasteiger charge is 2.30. The first-order valence-electron chi connectivity index (χ1n) is 9.08. The van der Waals surface area contributed by atoms with Crippen molar-refractivity contribution in [3.05, 3.63) is 81.3 Å². The summed E-state index contributed by atoms with van der Waals surface area (Å²) in [6.07, 6.45) is -3.81. The number of hydrogen-bond donors (Lipinski definition) is 1. The maximum atomic E-state index is 13.0. The van der Waals surface area contributed by atoms with Crippen LogP contribution in [0.25, 0.3) is 5.69 Å². The molecule has 1 amide bonds. The van der Waals surface area contributed by atoms with Crippen molar-refractivity contribution in [2.75, 3.05) is 11.9 Å². The Kier molecular flexibility index (Phi) is 4.81. The lowest BCUT2D eigenvalue weighted by molar-refractivity contribution is -0.137. The molecule has 2 aromatic carbocycles. The van der Waals surface area contributed by atoms with Crippen LogP contribution in [0.4, 0.5) is 18.9 Å². The van der Waals surface area contributed by atoms with Gasteiger partial charge in [0.1, 0.15) is 5.75 Å². The minimum atomic E-state index is -4.53. The van der Waals surface area contributed by atoms with Gasteiger partial charge in [0.25, 0.3) is 5.91 Å². The Labute approximate surface area is 168 Å². The third kappa shape index (κ3) is 3.78. The number of carbonyl (C=O) groups is 1. The average Bonchev–Trinajstić information content (AvgIpc) is 3.15. The zero-order valence-electron chi connectivity index (χ0n) is 15.8. The summed E-state index contributed by atoms with van der Waals surface area (Å²) in [6, 6.07) is 10.8. The van der Waals surface area contributed by atoms with Crippen LogP contribution in [0.15, 0.2) is 53.3 Å². The molecule has 1 aliphatic rings. The summed E-state index contributed by atoms with van der Waals surface area (Å²) < 4.78 is 45.7. The Balaban J connectivity index is 1.68. The third-order valence-electron chi connectivity index (χ3n) is 4.69. The van der Waals surface area contributed by atoms with Crippen molar-refractivity contribution in [3.8, 4) is 11.4 Å². The lowest BCUT2D eigenvalue weighted by atomic mass is 10.1. The molecular weight excluding hydrogens is 399 g/mol. The van der Waals surface area contributed by atoms with Crippen molar-refractivity contribution in [1.29, 1.82) is 0 Å². The number of carbonyl (C=O) groups excluding carboxylic acids is 1. The van der Waals surface area contributed by atoms with E-state index in [1.165, 1.54) is 25.1 Å². The third-order valence-corrected chi connectivity index (χ3v) is 4.69. The van der Waals surface area contributed by atoms with Gasteiger partial charge < -0.3 is 10.1 Å². The van der Waals surface area contributed by atoms with E-state index in [0.29, 0.717) is 24.4 Å². The molecule has 30 heavy (non-hydrogen) atoms. The number of ether oxygens (including phenoxy) is 1. The van der Waals surface area contributed by atoms with Gasteiger partial charge in [-0.3, -0.25) is 9.59 Å². The van der Waals surface area contributed by atoms with Gasteiger partial charge >= 0.3 is 6.18 Å². The maximum absolute atomic E-state index is 13.0. The summed E-state index contributed by atoms with van der Waals surface area (Å²) in [5, 5.41) is 6.65. The van der Waals surface area contributed by atoms with E-state index in [1.54, 1.807) is 18.2 Å². The Morgan fingerprint density at radius 3 is 2.73 bits per heavy atom. The molecule has 154 valence electrons. The number of aryl methyl sites for hydroxylation is 1. The van der Waals surface area contributed by atoms with E-state index in [1.807, 2.05) is 0 Å². The number of nitrogens with zero attached hydrogens (tertiary/aromatic N) is 2. The molecule has 0 radical (unpaired) electrons. The van der Waals surface area contributed by atoms with Gasteiger partial charge in [-0.25, -0.2) is 4.68 Å². The van der Waals surface area contributed by atoms with Crippen LogP contribution in [-0.2, 0) is 12.6 Å². The molecule has 1 N–H and O–H groups in total. The molecule has 0 saturated heterocycles. The Morgan fingerprint density at radius 2 is 1.97 bits per heavy atom. The fourth-order valence-electron chi connectivity index (χ4n) is 3.23. The number of nitrogens with one attached hydrogen (secondary N) is 1. The van der Waals surface area contributed by atoms with Gasteiger partial charge in [-0.1, -0.05) is 6.07 Å². The van der Waals surface area contributed by atoms with Gasteiger partial charge in [-0.15, -0.1) is 0 Å². The van der Waals surface area contributed by atoms with E-state index in [0.717, 1.165) is 28.1 Å². The van der Waals surface area contributed by atoms with E-state index in [4.69, 9.17) is 4.74 Å². The molecule has 0 saturated carbocycles. The second kappa shape index (κ2) is 7.33. The molecule has 6 nitrogen and oxygen atoms in total. The Morgan fingerprint density at radius 1 is 1.17 bits per heavy atom. The van der Waals surface area contributed by atoms with Crippen LogP contribution in [0.1, 0.15) is 27.3 Å². The highest BCUT2D eigenvalue weighted by molar-refractivity contribution is 6.02. The Bertz CT molecular complexity index is 1200. The second-order valence-corrected chi connectivity index (χ2v) is 6.83. The molecule has 1 aliphatic heterocycles. The number of halogens is 3. The van der Waals surface area contributed by atoms with E-state index >= 15 is 0 Å². The molecule has 0 spiro atoms. The lowest BCUT2D eigenvalue weighted by Gasteiger charge is -2.13. The lowest BCUT2D eigenvalue weighted by Crippen LogP contribution is -2.27. The molecule has 0 aliphatic carbocycles. The maximum Gasteiger partial charge on any atom is 0.416 e. The monoisotopic (exact) mass is 415 g/mol. The van der Waals surface area contributed by atoms with Crippen LogP contribution in [-0.4, -0.2) is 22.3 Å². The van der Waals surface area contributed by atoms with Gasteiger partial charge in [0.2, 0.25) is 5.43 Å². The van der Waals surface area contributed by atoms with Gasteiger partial charge in [-0.05, 0) is 48.9 Å². The molecule has 1 aromatic heterocycles. The smallest absolute Gasteiger partial charge is 0.416 e. The predicted octanol–water partition coefficient (Wildman–Crippen LogP) is 3.75. The van der Waals surface area contributed by atoms with Crippen LogP contribution in [0.3, 0.4) is 0 Å². The van der Waals surface area contributed by atoms with Crippen molar-refractivity contribution in [3.63, 3.8) is 0 Å². The number of benzene rings is 2. The number of alkyl halides is 3. The number of hydrogen-bond acceptors (Lipinski definition) is 4. The standard InChI is InChI=1S/C21H16F3N3O3/c1-12-9-17(28)19(20(29)25-15-5-6-18-13(10-15)7-8-30-18)26-27(12)16-4-2-3-14(11-16)21(22,23)24/h2-6,9-11H,7-8H2,1H3,(H,25,29). The normalized spacial score (nSPS) is 12.9. The second-order valence-electron chi connectivity index (χ2n) is 6.83. The van der Waals surface area contributed by atoms with Crippen molar-refractivity contribution in [2.45, 2.75) is 19.5 Å². The highest BCUT2D eigenvalue weighted by Crippen LogP contribution is 2.30. The highest BCUT2D eigenvalue weighted by atomic mass is 19.4. The number of aromatic nitrogens is 2. The summed E-state index contributed by atoms with van der Waals surface area (Å²) in [5.74, 6) is -0.00652. The summed E-state index contributed by atoms with van der Waals surface area (Å²) in [5.41, 5.74) is -0.113. The van der Waals surface area contributed by atoms with E-state index in [-0.39, 0.29) is 5.69 Å². The molecule has 2 heterocycles. The fourth-order valence-corrected chi connectivity index (χ4v) is 3.23. The number of amides is 1. The van der Waals surface area contributed by atoms with Crippen LogP contribution in [0.5, 0.6) is 5.75 Å². The summed E-state index contributed by atoms with van der Waals surface area (Å²) in [6.45, 7) is 2.09. The van der Waals surface area contributed by atoms with Gasteiger partial charge in [0, 0.05) is 23.9 Å². The first-order chi connectivity index (χ1) is 14.2. The molecule has 0 bridgehead atoms.